The van der Waals surface area contributed by atoms with Crippen molar-refractivity contribution in [1.82, 2.24) is 4.98 Å². The molecule has 0 saturated carbocycles. The van der Waals surface area contributed by atoms with Gasteiger partial charge in [-0.3, -0.25) is 9.78 Å². The van der Waals surface area contributed by atoms with E-state index in [9.17, 15) is 4.79 Å². The van der Waals surface area contributed by atoms with Gasteiger partial charge in [-0.15, -0.1) is 0 Å². The standard InChI is InChI=1S/C20H17ClN2O/c1-12-9-15-5-3-4-6-19(15)23(12)20(24)17-10-14-7-8-16(21)11-18(14)22-13(17)2/h3-8,10-12H,9H2,1-2H3. The molecule has 0 aliphatic carbocycles. The molecule has 0 saturated heterocycles. The van der Waals surface area contributed by atoms with E-state index in [1.807, 2.05) is 54.3 Å². The zero-order valence-corrected chi connectivity index (χ0v) is 14.3. The minimum absolute atomic E-state index is 0.00861. The molecule has 0 spiro atoms. The van der Waals surface area contributed by atoms with E-state index >= 15 is 0 Å². The van der Waals surface area contributed by atoms with Crippen LogP contribution in [0.2, 0.25) is 5.02 Å². The van der Waals surface area contributed by atoms with E-state index in [0.29, 0.717) is 10.6 Å². The third-order valence-electron chi connectivity index (χ3n) is 4.63. The minimum Gasteiger partial charge on any atom is -0.305 e. The molecule has 2 heterocycles. The van der Waals surface area contributed by atoms with Crippen LogP contribution in [0.4, 0.5) is 5.69 Å². The number of hydrogen-bond acceptors (Lipinski definition) is 2. The molecule has 3 aromatic rings. The Balaban J connectivity index is 1.81. The average molecular weight is 337 g/mol. The SMILES string of the molecule is Cc1nc2cc(Cl)ccc2cc1C(=O)N1c2ccccc2CC1C. The molecule has 1 aliphatic heterocycles. The highest BCUT2D eigenvalue weighted by Crippen LogP contribution is 2.33. The van der Waals surface area contributed by atoms with Gasteiger partial charge in [0.25, 0.3) is 5.91 Å². The van der Waals surface area contributed by atoms with E-state index in [1.165, 1.54) is 5.56 Å². The quantitative estimate of drug-likeness (QED) is 0.640. The molecule has 0 bridgehead atoms. The number of aromatic nitrogens is 1. The van der Waals surface area contributed by atoms with E-state index in [4.69, 9.17) is 11.6 Å². The fraction of sp³-hybridized carbons (Fsp3) is 0.200. The number of para-hydroxylation sites is 1. The van der Waals surface area contributed by atoms with Crippen molar-refractivity contribution in [2.45, 2.75) is 26.3 Å². The van der Waals surface area contributed by atoms with Gasteiger partial charge < -0.3 is 4.90 Å². The number of rotatable bonds is 1. The van der Waals surface area contributed by atoms with Crippen LogP contribution in [0.25, 0.3) is 10.9 Å². The van der Waals surface area contributed by atoms with Crippen molar-refractivity contribution in [3.63, 3.8) is 0 Å². The first kappa shape index (κ1) is 15.2. The lowest BCUT2D eigenvalue weighted by Gasteiger charge is -2.23. The van der Waals surface area contributed by atoms with Crippen molar-refractivity contribution < 1.29 is 4.79 Å². The molecule has 1 aromatic heterocycles. The molecule has 1 amide bonds. The van der Waals surface area contributed by atoms with Gasteiger partial charge in [0.05, 0.1) is 16.8 Å². The summed E-state index contributed by atoms with van der Waals surface area (Å²) in [4.78, 5) is 19.7. The third-order valence-corrected chi connectivity index (χ3v) is 4.86. The van der Waals surface area contributed by atoms with E-state index < -0.39 is 0 Å². The van der Waals surface area contributed by atoms with Gasteiger partial charge in [0, 0.05) is 22.1 Å². The second kappa shape index (κ2) is 5.60. The number of amides is 1. The molecule has 0 fully saturated rings. The number of halogens is 1. The van der Waals surface area contributed by atoms with Crippen molar-refractivity contribution in [2.24, 2.45) is 0 Å². The zero-order chi connectivity index (χ0) is 16.8. The van der Waals surface area contributed by atoms with Crippen LogP contribution in [-0.2, 0) is 6.42 Å². The van der Waals surface area contributed by atoms with Gasteiger partial charge in [-0.1, -0.05) is 35.9 Å². The summed E-state index contributed by atoms with van der Waals surface area (Å²) in [5.41, 5.74) is 4.41. The number of carbonyl (C=O) groups excluding carboxylic acids is 1. The van der Waals surface area contributed by atoms with Crippen LogP contribution in [0.15, 0.2) is 48.5 Å². The van der Waals surface area contributed by atoms with Gasteiger partial charge in [0.2, 0.25) is 0 Å². The van der Waals surface area contributed by atoms with Crippen molar-refractivity contribution >= 4 is 34.1 Å². The van der Waals surface area contributed by atoms with Crippen LogP contribution in [-0.4, -0.2) is 16.9 Å². The molecule has 0 N–H and O–H groups in total. The fourth-order valence-corrected chi connectivity index (χ4v) is 3.62. The van der Waals surface area contributed by atoms with Gasteiger partial charge >= 0.3 is 0 Å². The topological polar surface area (TPSA) is 33.2 Å². The predicted octanol–water partition coefficient (Wildman–Crippen LogP) is 4.79. The predicted molar refractivity (Wildman–Crippen MR) is 97.9 cm³/mol. The summed E-state index contributed by atoms with van der Waals surface area (Å²) in [5, 5.41) is 1.57. The molecule has 1 unspecified atom stereocenters. The van der Waals surface area contributed by atoms with Crippen LogP contribution in [0.3, 0.4) is 0 Å². The van der Waals surface area contributed by atoms with Gasteiger partial charge in [0.1, 0.15) is 0 Å². The maximum atomic E-state index is 13.2. The van der Waals surface area contributed by atoms with E-state index in [2.05, 4.69) is 18.0 Å². The number of hydrogen-bond donors (Lipinski definition) is 0. The molecule has 24 heavy (non-hydrogen) atoms. The maximum Gasteiger partial charge on any atom is 0.260 e. The molecular formula is C20H17ClN2O. The zero-order valence-electron chi connectivity index (χ0n) is 13.6. The van der Waals surface area contributed by atoms with E-state index in [1.54, 1.807) is 0 Å². The molecule has 3 nitrogen and oxygen atoms in total. The Hall–Kier alpha value is -2.39. The lowest BCUT2D eigenvalue weighted by molar-refractivity contribution is 0.0980. The Bertz CT molecular complexity index is 967. The molecule has 1 aliphatic rings. The van der Waals surface area contributed by atoms with Gasteiger partial charge in [-0.05, 0) is 50.1 Å². The molecule has 120 valence electrons. The summed E-state index contributed by atoms with van der Waals surface area (Å²) >= 11 is 6.04. The molecule has 1 atom stereocenters. The summed E-state index contributed by atoms with van der Waals surface area (Å²) in [6.07, 6.45) is 0.886. The lowest BCUT2D eigenvalue weighted by Crippen LogP contribution is -2.36. The Kier molecular flexibility index (Phi) is 3.54. The van der Waals surface area contributed by atoms with E-state index in [0.717, 1.165) is 28.7 Å². The first-order chi connectivity index (χ1) is 11.5. The number of carbonyl (C=O) groups is 1. The van der Waals surface area contributed by atoms with Crippen molar-refractivity contribution in [3.05, 3.63) is 70.4 Å². The number of nitrogens with zero attached hydrogens (tertiary/aromatic N) is 2. The average Bonchev–Trinajstić information content (AvgIpc) is 2.89. The summed E-state index contributed by atoms with van der Waals surface area (Å²) in [7, 11) is 0. The molecule has 4 rings (SSSR count). The Morgan fingerprint density at radius 1 is 1.21 bits per heavy atom. The second-order valence-electron chi connectivity index (χ2n) is 6.32. The summed E-state index contributed by atoms with van der Waals surface area (Å²) in [5.74, 6) is 0.00861. The number of benzene rings is 2. The van der Waals surface area contributed by atoms with Crippen LogP contribution >= 0.6 is 11.6 Å². The molecule has 2 aromatic carbocycles. The first-order valence-corrected chi connectivity index (χ1v) is 8.41. The number of aryl methyl sites for hydroxylation is 1. The van der Waals surface area contributed by atoms with Crippen molar-refractivity contribution in [1.29, 1.82) is 0 Å². The molecular weight excluding hydrogens is 320 g/mol. The summed E-state index contributed by atoms with van der Waals surface area (Å²) in [6.45, 7) is 3.96. The molecule has 0 radical (unpaired) electrons. The van der Waals surface area contributed by atoms with Crippen molar-refractivity contribution in [3.8, 4) is 0 Å². The van der Waals surface area contributed by atoms with Crippen molar-refractivity contribution in [2.75, 3.05) is 4.90 Å². The normalized spacial score (nSPS) is 16.5. The summed E-state index contributed by atoms with van der Waals surface area (Å²) in [6, 6.07) is 15.7. The second-order valence-corrected chi connectivity index (χ2v) is 6.75. The Labute approximate surface area is 145 Å². The van der Waals surface area contributed by atoms with Crippen LogP contribution in [0.1, 0.15) is 28.5 Å². The highest BCUT2D eigenvalue weighted by Gasteiger charge is 2.32. The Morgan fingerprint density at radius 2 is 2.00 bits per heavy atom. The monoisotopic (exact) mass is 336 g/mol. The fourth-order valence-electron chi connectivity index (χ4n) is 3.46. The smallest absolute Gasteiger partial charge is 0.260 e. The first-order valence-electron chi connectivity index (χ1n) is 8.03. The minimum atomic E-state index is 0.00861. The number of anilines is 1. The van der Waals surface area contributed by atoms with Crippen LogP contribution in [0, 0.1) is 6.92 Å². The number of fused-ring (bicyclic) bond motifs is 2. The van der Waals surface area contributed by atoms with Gasteiger partial charge in [-0.2, -0.15) is 0 Å². The lowest BCUT2D eigenvalue weighted by atomic mass is 10.1. The summed E-state index contributed by atoms with van der Waals surface area (Å²) < 4.78 is 0. The van der Waals surface area contributed by atoms with Crippen LogP contribution < -0.4 is 4.90 Å². The van der Waals surface area contributed by atoms with Gasteiger partial charge in [-0.25, -0.2) is 0 Å². The highest BCUT2D eigenvalue weighted by molar-refractivity contribution is 6.31. The largest absolute Gasteiger partial charge is 0.305 e. The third kappa shape index (κ3) is 2.36. The maximum absolute atomic E-state index is 13.2. The molecule has 4 heteroatoms. The van der Waals surface area contributed by atoms with Crippen LogP contribution in [0.5, 0.6) is 0 Å². The van der Waals surface area contributed by atoms with Gasteiger partial charge in [0.15, 0.2) is 0 Å². The number of pyridine rings is 1. The highest BCUT2D eigenvalue weighted by atomic mass is 35.5. The van der Waals surface area contributed by atoms with E-state index in [-0.39, 0.29) is 11.9 Å². The Morgan fingerprint density at radius 3 is 2.83 bits per heavy atom.